The van der Waals surface area contributed by atoms with Crippen molar-refractivity contribution < 1.29 is 0 Å². The molecule has 12 heavy (non-hydrogen) atoms. The number of nitrogens with one attached hydrogen (secondary N) is 1. The second kappa shape index (κ2) is 3.58. The van der Waals surface area contributed by atoms with Crippen molar-refractivity contribution in [3.05, 3.63) is 12.2 Å². The Morgan fingerprint density at radius 3 is 2.75 bits per heavy atom. The first-order chi connectivity index (χ1) is 5.52. The predicted molar refractivity (Wildman–Crippen MR) is 53.3 cm³/mol. The lowest BCUT2D eigenvalue weighted by molar-refractivity contribution is 0.102. The van der Waals surface area contributed by atoms with Gasteiger partial charge in [-0.15, -0.1) is 0 Å². The summed E-state index contributed by atoms with van der Waals surface area (Å²) in [6, 6.07) is 0. The van der Waals surface area contributed by atoms with Crippen LogP contribution in [0.25, 0.3) is 0 Å². The van der Waals surface area contributed by atoms with E-state index in [1.807, 2.05) is 0 Å². The molecule has 70 valence electrons. The molecular formula is C10H20N2. The third-order valence-electron chi connectivity index (χ3n) is 2.43. The molecule has 0 saturated carbocycles. The summed E-state index contributed by atoms with van der Waals surface area (Å²) in [6.07, 6.45) is 0. The van der Waals surface area contributed by atoms with Crippen molar-refractivity contribution in [1.82, 2.24) is 10.2 Å². The van der Waals surface area contributed by atoms with Crippen LogP contribution in [0, 0.1) is 0 Å². The van der Waals surface area contributed by atoms with Crippen molar-refractivity contribution in [2.45, 2.75) is 26.3 Å². The Morgan fingerprint density at radius 2 is 2.25 bits per heavy atom. The summed E-state index contributed by atoms with van der Waals surface area (Å²) < 4.78 is 0. The first-order valence-electron chi connectivity index (χ1n) is 4.62. The summed E-state index contributed by atoms with van der Waals surface area (Å²) >= 11 is 0. The van der Waals surface area contributed by atoms with Gasteiger partial charge in [-0.2, -0.15) is 0 Å². The molecular weight excluding hydrogens is 148 g/mol. The molecule has 0 amide bonds. The summed E-state index contributed by atoms with van der Waals surface area (Å²) in [5.74, 6) is 0. The van der Waals surface area contributed by atoms with Crippen molar-refractivity contribution in [2.24, 2.45) is 0 Å². The second-order valence-corrected chi connectivity index (χ2v) is 4.37. The van der Waals surface area contributed by atoms with Gasteiger partial charge in [-0.3, -0.25) is 4.90 Å². The molecule has 0 aliphatic carbocycles. The van der Waals surface area contributed by atoms with Crippen LogP contribution in [-0.2, 0) is 0 Å². The van der Waals surface area contributed by atoms with Crippen LogP contribution in [0.1, 0.15) is 20.8 Å². The lowest BCUT2D eigenvalue weighted by atomic mass is 9.99. The molecule has 1 rings (SSSR count). The summed E-state index contributed by atoms with van der Waals surface area (Å²) in [6.45, 7) is 15.0. The summed E-state index contributed by atoms with van der Waals surface area (Å²) in [5, 5.41) is 3.41. The molecule has 2 nitrogen and oxygen atoms in total. The van der Waals surface area contributed by atoms with E-state index in [1.54, 1.807) is 0 Å². The maximum Gasteiger partial charge on any atom is 0.0281 e. The van der Waals surface area contributed by atoms with Crippen LogP contribution < -0.4 is 5.32 Å². The third-order valence-corrected chi connectivity index (χ3v) is 2.43. The van der Waals surface area contributed by atoms with E-state index in [4.69, 9.17) is 0 Å². The quantitative estimate of drug-likeness (QED) is 0.624. The van der Waals surface area contributed by atoms with Gasteiger partial charge in [0.05, 0.1) is 0 Å². The first-order valence-corrected chi connectivity index (χ1v) is 4.62. The van der Waals surface area contributed by atoms with Gasteiger partial charge >= 0.3 is 0 Å². The van der Waals surface area contributed by atoms with E-state index in [9.17, 15) is 0 Å². The predicted octanol–water partition coefficient (Wildman–Crippen LogP) is 1.25. The highest BCUT2D eigenvalue weighted by atomic mass is 15.2. The number of rotatable bonds is 2. The zero-order valence-corrected chi connectivity index (χ0v) is 8.48. The minimum atomic E-state index is 0.289. The molecule has 2 heteroatoms. The first kappa shape index (κ1) is 9.75. The molecule has 1 saturated heterocycles. The molecule has 0 spiro atoms. The minimum absolute atomic E-state index is 0.289. The average molecular weight is 168 g/mol. The fourth-order valence-corrected chi connectivity index (χ4v) is 1.64. The van der Waals surface area contributed by atoms with Gasteiger partial charge in [-0.05, 0) is 20.8 Å². The van der Waals surface area contributed by atoms with Gasteiger partial charge in [0.2, 0.25) is 0 Å². The normalized spacial score (nSPS) is 23.9. The Bertz CT molecular complexity index is 173. The van der Waals surface area contributed by atoms with Crippen molar-refractivity contribution in [1.29, 1.82) is 0 Å². The van der Waals surface area contributed by atoms with Gasteiger partial charge in [0, 0.05) is 31.7 Å². The maximum atomic E-state index is 3.95. The molecule has 1 fully saturated rings. The Hall–Kier alpha value is -0.340. The van der Waals surface area contributed by atoms with Crippen molar-refractivity contribution in [2.75, 3.05) is 26.2 Å². The second-order valence-electron chi connectivity index (χ2n) is 4.37. The average Bonchev–Trinajstić information content (AvgIpc) is 1.92. The van der Waals surface area contributed by atoms with E-state index >= 15 is 0 Å². The van der Waals surface area contributed by atoms with Crippen molar-refractivity contribution in [3.8, 4) is 0 Å². The molecule has 0 bridgehead atoms. The number of piperazine rings is 1. The molecule has 1 aliphatic heterocycles. The Morgan fingerprint density at radius 1 is 1.58 bits per heavy atom. The van der Waals surface area contributed by atoms with Gasteiger partial charge in [-0.1, -0.05) is 12.2 Å². The van der Waals surface area contributed by atoms with Gasteiger partial charge in [0.25, 0.3) is 0 Å². The third kappa shape index (κ3) is 2.32. The Balaban J connectivity index is 2.54. The minimum Gasteiger partial charge on any atom is -0.314 e. The lowest BCUT2D eigenvalue weighted by Crippen LogP contribution is -2.58. The summed E-state index contributed by atoms with van der Waals surface area (Å²) in [7, 11) is 0. The molecule has 0 atom stereocenters. The van der Waals surface area contributed by atoms with E-state index in [-0.39, 0.29) is 5.54 Å². The number of nitrogens with zero attached hydrogens (tertiary/aromatic N) is 1. The van der Waals surface area contributed by atoms with Crippen LogP contribution in [0.15, 0.2) is 12.2 Å². The largest absolute Gasteiger partial charge is 0.314 e. The maximum absolute atomic E-state index is 3.95. The van der Waals surface area contributed by atoms with Crippen LogP contribution in [0.5, 0.6) is 0 Å². The highest BCUT2D eigenvalue weighted by Gasteiger charge is 2.28. The van der Waals surface area contributed by atoms with E-state index in [1.165, 1.54) is 5.57 Å². The van der Waals surface area contributed by atoms with Crippen LogP contribution >= 0.6 is 0 Å². The molecule has 0 aromatic rings. The monoisotopic (exact) mass is 168 g/mol. The standard InChI is InChI=1S/C10H20N2/c1-9(2)7-12-6-5-11-8-10(12,3)4/h11H,1,5-8H2,2-4H3. The highest BCUT2D eigenvalue weighted by Crippen LogP contribution is 2.16. The van der Waals surface area contributed by atoms with Crippen molar-refractivity contribution >= 4 is 0 Å². The highest BCUT2D eigenvalue weighted by molar-refractivity contribution is 4.98. The van der Waals surface area contributed by atoms with Gasteiger partial charge in [0.1, 0.15) is 0 Å². The molecule has 0 aromatic heterocycles. The molecule has 0 radical (unpaired) electrons. The topological polar surface area (TPSA) is 15.3 Å². The van der Waals surface area contributed by atoms with Gasteiger partial charge < -0.3 is 5.32 Å². The smallest absolute Gasteiger partial charge is 0.0281 e. The fourth-order valence-electron chi connectivity index (χ4n) is 1.64. The zero-order valence-electron chi connectivity index (χ0n) is 8.48. The summed E-state index contributed by atoms with van der Waals surface area (Å²) in [5.41, 5.74) is 1.54. The SMILES string of the molecule is C=C(C)CN1CCNCC1(C)C. The Kier molecular flexibility index (Phi) is 2.91. The van der Waals surface area contributed by atoms with E-state index in [0.717, 1.165) is 26.2 Å². The lowest BCUT2D eigenvalue weighted by Gasteiger charge is -2.43. The van der Waals surface area contributed by atoms with Crippen LogP contribution in [0.2, 0.25) is 0 Å². The Labute approximate surface area is 75.6 Å². The van der Waals surface area contributed by atoms with Crippen LogP contribution in [0.3, 0.4) is 0 Å². The van der Waals surface area contributed by atoms with Crippen molar-refractivity contribution in [3.63, 3.8) is 0 Å². The molecule has 0 unspecified atom stereocenters. The number of hydrogen-bond acceptors (Lipinski definition) is 2. The van der Waals surface area contributed by atoms with Crippen LogP contribution in [0.4, 0.5) is 0 Å². The molecule has 1 aliphatic rings. The fraction of sp³-hybridized carbons (Fsp3) is 0.800. The van der Waals surface area contributed by atoms with E-state index in [0.29, 0.717) is 0 Å². The molecule has 1 N–H and O–H groups in total. The number of hydrogen-bond donors (Lipinski definition) is 1. The van der Waals surface area contributed by atoms with E-state index in [2.05, 4.69) is 37.6 Å². The van der Waals surface area contributed by atoms with Gasteiger partial charge in [0.15, 0.2) is 0 Å². The summed E-state index contributed by atoms with van der Waals surface area (Å²) in [4.78, 5) is 2.49. The molecule has 1 heterocycles. The van der Waals surface area contributed by atoms with Gasteiger partial charge in [-0.25, -0.2) is 0 Å². The molecule has 0 aromatic carbocycles. The van der Waals surface area contributed by atoms with Crippen LogP contribution in [-0.4, -0.2) is 36.6 Å². The zero-order chi connectivity index (χ0) is 9.19. The van der Waals surface area contributed by atoms with E-state index < -0.39 is 0 Å².